The lowest BCUT2D eigenvalue weighted by Crippen LogP contribution is -2.07. The minimum absolute atomic E-state index is 0.295. The lowest BCUT2D eigenvalue weighted by molar-refractivity contribution is -0.118. The van der Waals surface area contributed by atoms with Crippen LogP contribution in [0.3, 0.4) is 0 Å². The first-order valence-corrected chi connectivity index (χ1v) is 4.23. The topological polar surface area (TPSA) is 26.3 Å². The monoisotopic (exact) mass is 156 g/mol. The second-order valence-electron chi connectivity index (χ2n) is 3.60. The number of ketones is 1. The van der Waals surface area contributed by atoms with Gasteiger partial charge in [-0.15, -0.1) is 0 Å². The van der Waals surface area contributed by atoms with Crippen LogP contribution in [0.15, 0.2) is 0 Å². The SMILES string of the molecule is CC(=O)C1CC1COC(C)C. The van der Waals surface area contributed by atoms with E-state index < -0.39 is 0 Å². The molecule has 0 heterocycles. The molecule has 0 radical (unpaired) electrons. The van der Waals surface area contributed by atoms with Crippen LogP contribution in [0.1, 0.15) is 27.2 Å². The molecule has 64 valence electrons. The van der Waals surface area contributed by atoms with E-state index in [0.29, 0.717) is 23.7 Å². The van der Waals surface area contributed by atoms with Gasteiger partial charge in [0.05, 0.1) is 12.7 Å². The maximum Gasteiger partial charge on any atom is 0.133 e. The van der Waals surface area contributed by atoms with Crippen LogP contribution in [-0.4, -0.2) is 18.5 Å². The van der Waals surface area contributed by atoms with Crippen molar-refractivity contribution in [1.82, 2.24) is 0 Å². The molecule has 1 fully saturated rings. The lowest BCUT2D eigenvalue weighted by Gasteiger charge is -2.05. The summed E-state index contributed by atoms with van der Waals surface area (Å²) in [5, 5.41) is 0. The Morgan fingerprint density at radius 2 is 2.27 bits per heavy atom. The van der Waals surface area contributed by atoms with Gasteiger partial charge in [0.25, 0.3) is 0 Å². The molecule has 11 heavy (non-hydrogen) atoms. The van der Waals surface area contributed by atoms with Crippen molar-refractivity contribution < 1.29 is 9.53 Å². The summed E-state index contributed by atoms with van der Waals surface area (Å²) in [7, 11) is 0. The molecule has 2 atom stereocenters. The van der Waals surface area contributed by atoms with Gasteiger partial charge < -0.3 is 4.74 Å². The molecule has 0 amide bonds. The molecule has 0 saturated heterocycles. The molecule has 0 aromatic rings. The molecule has 0 bridgehead atoms. The summed E-state index contributed by atoms with van der Waals surface area (Å²) >= 11 is 0. The van der Waals surface area contributed by atoms with E-state index in [-0.39, 0.29) is 0 Å². The predicted octanol–water partition coefficient (Wildman–Crippen LogP) is 1.64. The van der Waals surface area contributed by atoms with Crippen LogP contribution in [0.25, 0.3) is 0 Å². The molecule has 1 saturated carbocycles. The van der Waals surface area contributed by atoms with Crippen LogP contribution >= 0.6 is 0 Å². The van der Waals surface area contributed by atoms with Crippen molar-refractivity contribution in [1.29, 1.82) is 0 Å². The summed E-state index contributed by atoms with van der Waals surface area (Å²) in [5.74, 6) is 1.16. The zero-order chi connectivity index (χ0) is 8.43. The Kier molecular flexibility index (Phi) is 2.66. The number of hydrogen-bond acceptors (Lipinski definition) is 2. The van der Waals surface area contributed by atoms with Crippen molar-refractivity contribution in [2.75, 3.05) is 6.61 Å². The molecule has 2 heteroatoms. The maximum atomic E-state index is 10.8. The van der Waals surface area contributed by atoms with Gasteiger partial charge in [-0.2, -0.15) is 0 Å². The van der Waals surface area contributed by atoms with Gasteiger partial charge in [0, 0.05) is 5.92 Å². The Morgan fingerprint density at radius 1 is 1.64 bits per heavy atom. The van der Waals surface area contributed by atoms with E-state index in [0.717, 1.165) is 13.0 Å². The molecule has 0 aromatic heterocycles. The molecule has 0 spiro atoms. The van der Waals surface area contributed by atoms with Crippen molar-refractivity contribution >= 4 is 5.78 Å². The fraction of sp³-hybridized carbons (Fsp3) is 0.889. The third kappa shape index (κ3) is 2.62. The van der Waals surface area contributed by atoms with E-state index in [1.807, 2.05) is 13.8 Å². The Labute approximate surface area is 67.9 Å². The molecular formula is C9H16O2. The van der Waals surface area contributed by atoms with Crippen molar-refractivity contribution in [2.24, 2.45) is 11.8 Å². The van der Waals surface area contributed by atoms with E-state index in [2.05, 4.69) is 0 Å². The lowest BCUT2D eigenvalue weighted by atomic mass is 10.2. The van der Waals surface area contributed by atoms with Crippen LogP contribution < -0.4 is 0 Å². The molecule has 0 aliphatic heterocycles. The summed E-state index contributed by atoms with van der Waals surface area (Å²) < 4.78 is 5.39. The van der Waals surface area contributed by atoms with Gasteiger partial charge in [0.1, 0.15) is 5.78 Å². The maximum absolute atomic E-state index is 10.8. The van der Waals surface area contributed by atoms with Crippen molar-refractivity contribution in [2.45, 2.75) is 33.3 Å². The molecule has 2 unspecified atom stereocenters. The normalized spacial score (nSPS) is 29.1. The molecular weight excluding hydrogens is 140 g/mol. The van der Waals surface area contributed by atoms with E-state index >= 15 is 0 Å². The van der Waals surface area contributed by atoms with E-state index in [1.165, 1.54) is 0 Å². The van der Waals surface area contributed by atoms with Crippen molar-refractivity contribution in [3.05, 3.63) is 0 Å². The summed E-state index contributed by atoms with van der Waals surface area (Å²) in [6.45, 7) is 6.47. The summed E-state index contributed by atoms with van der Waals surface area (Å²) in [6.07, 6.45) is 1.34. The molecule has 0 aromatic carbocycles. The molecule has 1 rings (SSSR count). The Balaban J connectivity index is 2.09. The average molecular weight is 156 g/mol. The summed E-state index contributed by atoms with van der Waals surface area (Å²) in [4.78, 5) is 10.8. The van der Waals surface area contributed by atoms with Gasteiger partial charge in [0.15, 0.2) is 0 Å². The minimum atomic E-state index is 0.295. The van der Waals surface area contributed by atoms with Crippen molar-refractivity contribution in [3.63, 3.8) is 0 Å². The molecule has 1 aliphatic carbocycles. The van der Waals surface area contributed by atoms with Gasteiger partial charge in [-0.3, -0.25) is 4.79 Å². The highest BCUT2D eigenvalue weighted by Crippen LogP contribution is 2.39. The van der Waals surface area contributed by atoms with Crippen LogP contribution in [-0.2, 0) is 9.53 Å². The number of rotatable bonds is 4. The predicted molar refractivity (Wildman–Crippen MR) is 43.4 cm³/mol. The first kappa shape index (κ1) is 8.72. The number of hydrogen-bond donors (Lipinski definition) is 0. The quantitative estimate of drug-likeness (QED) is 0.618. The second-order valence-corrected chi connectivity index (χ2v) is 3.60. The zero-order valence-electron chi connectivity index (χ0n) is 7.46. The fourth-order valence-electron chi connectivity index (χ4n) is 1.25. The number of Topliss-reactive ketones (excluding diaryl/α,β-unsaturated/α-hetero) is 1. The standard InChI is InChI=1S/C9H16O2/c1-6(2)11-5-8-4-9(8)7(3)10/h6,8-9H,4-5H2,1-3H3. The van der Waals surface area contributed by atoms with Gasteiger partial charge in [-0.1, -0.05) is 0 Å². The van der Waals surface area contributed by atoms with Crippen LogP contribution in [0.4, 0.5) is 0 Å². The van der Waals surface area contributed by atoms with Crippen LogP contribution in [0, 0.1) is 11.8 Å². The first-order chi connectivity index (χ1) is 5.11. The van der Waals surface area contributed by atoms with Gasteiger partial charge >= 0.3 is 0 Å². The Bertz CT molecular complexity index is 152. The molecule has 0 N–H and O–H groups in total. The Hall–Kier alpha value is -0.370. The molecule has 2 nitrogen and oxygen atoms in total. The van der Waals surface area contributed by atoms with E-state index in [9.17, 15) is 4.79 Å². The summed E-state index contributed by atoms with van der Waals surface area (Å²) in [6, 6.07) is 0. The zero-order valence-corrected chi connectivity index (χ0v) is 7.46. The minimum Gasteiger partial charge on any atom is -0.378 e. The van der Waals surface area contributed by atoms with Crippen LogP contribution in [0.5, 0.6) is 0 Å². The fourth-order valence-corrected chi connectivity index (χ4v) is 1.25. The third-order valence-corrected chi connectivity index (χ3v) is 2.09. The van der Waals surface area contributed by atoms with E-state index in [4.69, 9.17) is 4.74 Å². The second kappa shape index (κ2) is 3.35. The first-order valence-electron chi connectivity index (χ1n) is 4.23. The molecule has 1 aliphatic rings. The van der Waals surface area contributed by atoms with Crippen molar-refractivity contribution in [3.8, 4) is 0 Å². The smallest absolute Gasteiger partial charge is 0.133 e. The highest BCUT2D eigenvalue weighted by Gasteiger charge is 2.40. The third-order valence-electron chi connectivity index (χ3n) is 2.09. The largest absolute Gasteiger partial charge is 0.378 e. The van der Waals surface area contributed by atoms with E-state index in [1.54, 1.807) is 6.92 Å². The highest BCUT2D eigenvalue weighted by atomic mass is 16.5. The van der Waals surface area contributed by atoms with Gasteiger partial charge in [-0.05, 0) is 33.1 Å². The number of carbonyl (C=O) groups excluding carboxylic acids is 1. The highest BCUT2D eigenvalue weighted by molar-refractivity contribution is 5.81. The van der Waals surface area contributed by atoms with Gasteiger partial charge in [0.2, 0.25) is 0 Å². The van der Waals surface area contributed by atoms with Gasteiger partial charge in [-0.25, -0.2) is 0 Å². The Morgan fingerprint density at radius 3 is 2.64 bits per heavy atom. The average Bonchev–Trinajstić information content (AvgIpc) is 2.61. The number of ether oxygens (including phenoxy) is 1. The van der Waals surface area contributed by atoms with Crippen LogP contribution in [0.2, 0.25) is 0 Å². The summed E-state index contributed by atoms with van der Waals surface area (Å²) in [5.41, 5.74) is 0. The number of carbonyl (C=O) groups is 1.